The first kappa shape index (κ1) is 22.4. The smallest absolute Gasteiger partial charge is 0.254 e. The van der Waals surface area contributed by atoms with Crippen LogP contribution in [0.25, 0.3) is 0 Å². The van der Waals surface area contributed by atoms with Gasteiger partial charge in [0, 0.05) is 38.8 Å². The van der Waals surface area contributed by atoms with Crippen molar-refractivity contribution in [2.75, 3.05) is 40.0 Å². The zero-order chi connectivity index (χ0) is 18.6. The van der Waals surface area contributed by atoms with Crippen molar-refractivity contribution in [3.63, 3.8) is 0 Å². The topological polar surface area (TPSA) is 86.8 Å². The number of nitrogens with zero attached hydrogens (tertiary/aromatic N) is 2. The van der Waals surface area contributed by atoms with E-state index in [1.54, 1.807) is 0 Å². The first-order chi connectivity index (χ1) is 11.8. The fourth-order valence-electron chi connectivity index (χ4n) is 2.90. The Kier molecular flexibility index (Phi) is 8.05. The van der Waals surface area contributed by atoms with Crippen LogP contribution in [0.15, 0.2) is 29.2 Å². The van der Waals surface area contributed by atoms with E-state index in [0.29, 0.717) is 12.1 Å². The van der Waals surface area contributed by atoms with Crippen molar-refractivity contribution in [3.8, 4) is 0 Å². The Bertz CT molecular complexity index is 735. The van der Waals surface area contributed by atoms with E-state index in [1.165, 1.54) is 43.3 Å². The highest BCUT2D eigenvalue weighted by Crippen LogP contribution is 2.21. The second kappa shape index (κ2) is 9.34. The van der Waals surface area contributed by atoms with Crippen LogP contribution in [-0.2, 0) is 14.6 Å². The standard InChI is InChI=1S/C17H25N3O4S.ClH/c1-18-11-14-5-4-10-20(14)17(22)13-6-8-15(9-7-13)25(23,24)12-16(21)19(2)3;/h6-9,14,18H,4-5,10-12H2,1-3H3;1H. The molecule has 1 atom stereocenters. The first-order valence-electron chi connectivity index (χ1n) is 8.25. The quantitative estimate of drug-likeness (QED) is 0.759. The molecule has 0 spiro atoms. The van der Waals surface area contributed by atoms with E-state index in [2.05, 4.69) is 5.32 Å². The molecule has 146 valence electrons. The van der Waals surface area contributed by atoms with Crippen LogP contribution in [0.2, 0.25) is 0 Å². The fraction of sp³-hybridized carbons (Fsp3) is 0.529. The van der Waals surface area contributed by atoms with Crippen LogP contribution in [0.4, 0.5) is 0 Å². The van der Waals surface area contributed by atoms with Gasteiger partial charge in [-0.3, -0.25) is 9.59 Å². The van der Waals surface area contributed by atoms with E-state index >= 15 is 0 Å². The Hall–Kier alpha value is -1.64. The number of hydrogen-bond acceptors (Lipinski definition) is 5. The SMILES string of the molecule is CNCC1CCCN1C(=O)c1ccc(S(=O)(=O)CC(=O)N(C)C)cc1.Cl. The molecule has 1 unspecified atom stereocenters. The Labute approximate surface area is 161 Å². The van der Waals surface area contributed by atoms with Gasteiger partial charge >= 0.3 is 0 Å². The van der Waals surface area contributed by atoms with Gasteiger partial charge in [-0.25, -0.2) is 8.42 Å². The molecule has 0 aliphatic carbocycles. The Morgan fingerprint density at radius 2 is 1.85 bits per heavy atom. The lowest BCUT2D eigenvalue weighted by Crippen LogP contribution is -2.40. The molecular formula is C17H26ClN3O4S. The molecule has 7 nitrogen and oxygen atoms in total. The van der Waals surface area contributed by atoms with Crippen LogP contribution in [0.3, 0.4) is 0 Å². The number of likely N-dealkylation sites (tertiary alicyclic amines) is 1. The summed E-state index contributed by atoms with van der Waals surface area (Å²) in [5.74, 6) is -1.15. The minimum Gasteiger partial charge on any atom is -0.348 e. The molecule has 9 heteroatoms. The maximum atomic E-state index is 12.6. The molecule has 1 aliphatic heterocycles. The van der Waals surface area contributed by atoms with Gasteiger partial charge in [0.2, 0.25) is 5.91 Å². The van der Waals surface area contributed by atoms with Gasteiger partial charge in [0.25, 0.3) is 5.91 Å². The molecule has 2 amide bonds. The monoisotopic (exact) mass is 403 g/mol. The summed E-state index contributed by atoms with van der Waals surface area (Å²) >= 11 is 0. The number of amides is 2. The minimum absolute atomic E-state index is 0. The number of likely N-dealkylation sites (N-methyl/N-ethyl adjacent to an activating group) is 1. The lowest BCUT2D eigenvalue weighted by Gasteiger charge is -2.24. The van der Waals surface area contributed by atoms with Gasteiger partial charge in [-0.1, -0.05) is 0 Å². The van der Waals surface area contributed by atoms with Crippen molar-refractivity contribution in [1.29, 1.82) is 0 Å². The van der Waals surface area contributed by atoms with Crippen LogP contribution in [0.5, 0.6) is 0 Å². The number of nitrogens with one attached hydrogen (secondary N) is 1. The second-order valence-corrected chi connectivity index (χ2v) is 8.41. The van der Waals surface area contributed by atoms with Gasteiger partial charge < -0.3 is 15.1 Å². The van der Waals surface area contributed by atoms with Crippen molar-refractivity contribution >= 4 is 34.1 Å². The van der Waals surface area contributed by atoms with E-state index < -0.39 is 21.5 Å². The number of rotatable bonds is 6. The van der Waals surface area contributed by atoms with Crippen molar-refractivity contribution in [2.45, 2.75) is 23.8 Å². The molecule has 1 aromatic carbocycles. The van der Waals surface area contributed by atoms with E-state index in [9.17, 15) is 18.0 Å². The summed E-state index contributed by atoms with van der Waals surface area (Å²) in [5.41, 5.74) is 0.459. The van der Waals surface area contributed by atoms with Crippen molar-refractivity contribution in [1.82, 2.24) is 15.1 Å². The van der Waals surface area contributed by atoms with Crippen LogP contribution >= 0.6 is 12.4 Å². The second-order valence-electron chi connectivity index (χ2n) is 6.42. The summed E-state index contributed by atoms with van der Waals surface area (Å²) in [7, 11) is 1.17. The van der Waals surface area contributed by atoms with Gasteiger partial charge in [0.15, 0.2) is 9.84 Å². The molecule has 1 saturated heterocycles. The molecule has 2 rings (SSSR count). The van der Waals surface area contributed by atoms with Crippen LogP contribution < -0.4 is 5.32 Å². The highest BCUT2D eigenvalue weighted by Gasteiger charge is 2.29. The normalized spacial score (nSPS) is 16.9. The molecule has 0 aromatic heterocycles. The third-order valence-electron chi connectivity index (χ3n) is 4.35. The number of sulfone groups is 1. The van der Waals surface area contributed by atoms with E-state index in [-0.39, 0.29) is 29.3 Å². The summed E-state index contributed by atoms with van der Waals surface area (Å²) in [6, 6.07) is 6.00. The molecule has 1 N–H and O–H groups in total. The summed E-state index contributed by atoms with van der Waals surface area (Å²) in [6.45, 7) is 1.45. The van der Waals surface area contributed by atoms with E-state index in [4.69, 9.17) is 0 Å². The maximum Gasteiger partial charge on any atom is 0.254 e. The Morgan fingerprint density at radius 1 is 1.23 bits per heavy atom. The molecule has 26 heavy (non-hydrogen) atoms. The lowest BCUT2D eigenvalue weighted by atomic mass is 10.1. The summed E-state index contributed by atoms with van der Waals surface area (Å²) in [4.78, 5) is 27.4. The molecule has 1 aromatic rings. The van der Waals surface area contributed by atoms with Crippen LogP contribution in [-0.4, -0.2) is 76.1 Å². The molecule has 0 radical (unpaired) electrons. The predicted molar refractivity (Wildman–Crippen MR) is 102 cm³/mol. The number of benzene rings is 1. The first-order valence-corrected chi connectivity index (χ1v) is 9.90. The zero-order valence-electron chi connectivity index (χ0n) is 15.3. The molecule has 0 saturated carbocycles. The van der Waals surface area contributed by atoms with Gasteiger partial charge in [-0.15, -0.1) is 12.4 Å². The molecule has 1 heterocycles. The Morgan fingerprint density at radius 3 is 2.38 bits per heavy atom. The van der Waals surface area contributed by atoms with Crippen molar-refractivity contribution in [3.05, 3.63) is 29.8 Å². The highest BCUT2D eigenvalue weighted by molar-refractivity contribution is 7.92. The zero-order valence-corrected chi connectivity index (χ0v) is 16.9. The number of carbonyl (C=O) groups excluding carboxylic acids is 2. The number of hydrogen-bond donors (Lipinski definition) is 1. The number of carbonyl (C=O) groups is 2. The summed E-state index contributed by atoms with van der Waals surface area (Å²) in [5, 5.41) is 3.09. The van der Waals surface area contributed by atoms with Gasteiger partial charge in [-0.05, 0) is 44.2 Å². The van der Waals surface area contributed by atoms with Crippen molar-refractivity contribution in [2.24, 2.45) is 0 Å². The molecular weight excluding hydrogens is 378 g/mol. The molecule has 1 aliphatic rings. The third kappa shape index (κ3) is 5.18. The predicted octanol–water partition coefficient (Wildman–Crippen LogP) is 0.794. The van der Waals surface area contributed by atoms with Crippen LogP contribution in [0, 0.1) is 0 Å². The van der Waals surface area contributed by atoms with E-state index in [1.807, 2.05) is 11.9 Å². The maximum absolute atomic E-state index is 12.6. The van der Waals surface area contributed by atoms with Crippen molar-refractivity contribution < 1.29 is 18.0 Å². The van der Waals surface area contributed by atoms with Gasteiger partial charge in [-0.2, -0.15) is 0 Å². The fourth-order valence-corrected chi connectivity index (χ4v) is 4.20. The minimum atomic E-state index is -3.71. The number of halogens is 1. The van der Waals surface area contributed by atoms with Crippen LogP contribution in [0.1, 0.15) is 23.2 Å². The largest absolute Gasteiger partial charge is 0.348 e. The summed E-state index contributed by atoms with van der Waals surface area (Å²) < 4.78 is 24.5. The van der Waals surface area contributed by atoms with Gasteiger partial charge in [0.1, 0.15) is 5.75 Å². The molecule has 0 bridgehead atoms. The van der Waals surface area contributed by atoms with E-state index in [0.717, 1.165) is 19.4 Å². The van der Waals surface area contributed by atoms with Gasteiger partial charge in [0.05, 0.1) is 4.90 Å². The molecule has 1 fully saturated rings. The highest BCUT2D eigenvalue weighted by atomic mass is 35.5. The lowest BCUT2D eigenvalue weighted by molar-refractivity contribution is -0.125. The summed E-state index contributed by atoms with van der Waals surface area (Å²) in [6.07, 6.45) is 1.93. The third-order valence-corrected chi connectivity index (χ3v) is 5.97. The average Bonchev–Trinajstić information content (AvgIpc) is 3.02. The Balaban J connectivity index is 0.00000338. The average molecular weight is 404 g/mol.